The molecule has 5 nitrogen and oxygen atoms in total. The van der Waals surface area contributed by atoms with E-state index in [1.807, 2.05) is 37.3 Å². The minimum absolute atomic E-state index is 0.0167. The zero-order valence-corrected chi connectivity index (χ0v) is 14.7. The summed E-state index contributed by atoms with van der Waals surface area (Å²) in [6.45, 7) is 4.07. The molecule has 1 aromatic carbocycles. The molecule has 0 fully saturated rings. The normalized spacial score (nSPS) is 11.8. The molecule has 7 heteroatoms. The van der Waals surface area contributed by atoms with E-state index >= 15 is 0 Å². The molecule has 0 amide bonds. The lowest BCUT2D eigenvalue weighted by Crippen LogP contribution is -2.08. The van der Waals surface area contributed by atoms with Crippen LogP contribution in [0.5, 0.6) is 0 Å². The van der Waals surface area contributed by atoms with Crippen LogP contribution in [0.3, 0.4) is 0 Å². The maximum atomic E-state index is 8.76. The summed E-state index contributed by atoms with van der Waals surface area (Å²) in [6.07, 6.45) is 3.00. The minimum Gasteiger partial charge on any atom is -0.360 e. The van der Waals surface area contributed by atoms with Crippen LogP contribution in [0.25, 0.3) is 11.3 Å². The van der Waals surface area contributed by atoms with E-state index in [1.54, 1.807) is 17.5 Å². The van der Waals surface area contributed by atoms with Gasteiger partial charge >= 0.3 is 0 Å². The molecule has 0 saturated heterocycles. The molecule has 120 valence electrons. The molecule has 0 aliphatic carbocycles. The van der Waals surface area contributed by atoms with E-state index in [0.29, 0.717) is 16.5 Å². The fourth-order valence-corrected chi connectivity index (χ4v) is 3.29. The number of halogens is 1. The smallest absolute Gasteiger partial charge is 0.158 e. The molecule has 0 saturated carbocycles. The highest BCUT2D eigenvalue weighted by molar-refractivity contribution is 7.12. The Labute approximate surface area is 149 Å². The summed E-state index contributed by atoms with van der Waals surface area (Å²) in [4.78, 5) is 14.1. The highest BCUT2D eigenvalue weighted by atomic mass is 35.5. The Morgan fingerprint density at radius 1 is 1.21 bits per heavy atom. The molecule has 1 N–H and O–H groups in total. The molecule has 1 atom stereocenters. The molecule has 0 unspecified atom stereocenters. The lowest BCUT2D eigenvalue weighted by Gasteiger charge is -2.11. The molecule has 3 aromatic rings. The van der Waals surface area contributed by atoms with Gasteiger partial charge in [0.15, 0.2) is 5.69 Å². The number of aromatic nitrogens is 3. The van der Waals surface area contributed by atoms with Crippen molar-refractivity contribution >= 4 is 28.8 Å². The highest BCUT2D eigenvalue weighted by Gasteiger charge is 2.15. The van der Waals surface area contributed by atoms with Gasteiger partial charge in [-0.15, -0.1) is 11.3 Å². The summed E-state index contributed by atoms with van der Waals surface area (Å²) >= 11 is 7.59. The average Bonchev–Trinajstić information content (AvgIpc) is 2.98. The van der Waals surface area contributed by atoms with E-state index in [1.165, 1.54) is 6.20 Å². The van der Waals surface area contributed by atoms with Gasteiger partial charge in [0.05, 0.1) is 24.1 Å². The Morgan fingerprint density at radius 3 is 2.58 bits per heavy atom. The van der Waals surface area contributed by atoms with Crippen molar-refractivity contribution in [2.45, 2.75) is 19.9 Å². The van der Waals surface area contributed by atoms with Crippen LogP contribution in [0.4, 0.5) is 5.82 Å². The van der Waals surface area contributed by atoms with Crippen molar-refractivity contribution in [2.75, 3.05) is 5.32 Å². The molecule has 0 aliphatic rings. The predicted octanol–water partition coefficient (Wildman–Crippen LogP) is 4.61. The summed E-state index contributed by atoms with van der Waals surface area (Å²) in [5.41, 5.74) is 2.30. The number of benzene rings is 1. The van der Waals surface area contributed by atoms with Crippen molar-refractivity contribution in [3.05, 3.63) is 57.3 Å². The Morgan fingerprint density at radius 2 is 1.96 bits per heavy atom. The monoisotopic (exact) mass is 355 g/mol. The standard InChI is InChI=1S/C17H14ClN5S/c1-10(22-15-9-20-14(7-19)8-21-15)17-23-16(11(2)24-17)12-3-5-13(18)6-4-12/h3-6,8-10H,1-2H3,(H,21,22)/t10-/m1/s1. The maximum Gasteiger partial charge on any atom is 0.158 e. The second kappa shape index (κ2) is 6.95. The van der Waals surface area contributed by atoms with E-state index in [0.717, 1.165) is 21.1 Å². The van der Waals surface area contributed by atoms with E-state index < -0.39 is 0 Å². The van der Waals surface area contributed by atoms with Crippen molar-refractivity contribution < 1.29 is 0 Å². The Balaban J connectivity index is 1.80. The summed E-state index contributed by atoms with van der Waals surface area (Å²) in [5, 5.41) is 13.7. The molecule has 2 aromatic heterocycles. The van der Waals surface area contributed by atoms with E-state index in [-0.39, 0.29) is 6.04 Å². The second-order valence-electron chi connectivity index (χ2n) is 5.23. The fourth-order valence-electron chi connectivity index (χ4n) is 2.22. The molecule has 3 rings (SSSR count). The molecule has 0 radical (unpaired) electrons. The largest absolute Gasteiger partial charge is 0.360 e. The zero-order chi connectivity index (χ0) is 17.1. The lowest BCUT2D eigenvalue weighted by molar-refractivity contribution is 0.858. The zero-order valence-electron chi connectivity index (χ0n) is 13.1. The van der Waals surface area contributed by atoms with Gasteiger partial charge in [-0.1, -0.05) is 23.7 Å². The van der Waals surface area contributed by atoms with Crippen LogP contribution in [-0.2, 0) is 0 Å². The van der Waals surface area contributed by atoms with Gasteiger partial charge in [-0.3, -0.25) is 0 Å². The average molecular weight is 356 g/mol. The molecular formula is C17H14ClN5S. The van der Waals surface area contributed by atoms with Gasteiger partial charge in [-0.2, -0.15) is 5.26 Å². The number of nitrogens with one attached hydrogen (secondary N) is 1. The number of anilines is 1. The van der Waals surface area contributed by atoms with Gasteiger partial charge in [0, 0.05) is 15.5 Å². The topological polar surface area (TPSA) is 74.5 Å². The SMILES string of the molecule is Cc1sc([C@@H](C)Nc2cnc(C#N)cn2)nc1-c1ccc(Cl)cc1. The first kappa shape index (κ1) is 16.4. The van der Waals surface area contributed by atoms with Gasteiger partial charge in [0.1, 0.15) is 16.9 Å². The van der Waals surface area contributed by atoms with E-state index in [4.69, 9.17) is 21.8 Å². The highest BCUT2D eigenvalue weighted by Crippen LogP contribution is 2.32. The first-order valence-corrected chi connectivity index (χ1v) is 8.48. The number of rotatable bonds is 4. The number of hydrogen-bond acceptors (Lipinski definition) is 6. The fraction of sp³-hybridized carbons (Fsp3) is 0.176. The molecule has 0 spiro atoms. The molecule has 24 heavy (non-hydrogen) atoms. The third-order valence-electron chi connectivity index (χ3n) is 3.43. The molecule has 0 bridgehead atoms. The van der Waals surface area contributed by atoms with Crippen LogP contribution >= 0.6 is 22.9 Å². The van der Waals surface area contributed by atoms with E-state index in [9.17, 15) is 0 Å². The third kappa shape index (κ3) is 3.53. The van der Waals surface area contributed by atoms with Crippen LogP contribution in [-0.4, -0.2) is 15.0 Å². The first-order valence-electron chi connectivity index (χ1n) is 7.29. The predicted molar refractivity (Wildman–Crippen MR) is 96.1 cm³/mol. The van der Waals surface area contributed by atoms with Gasteiger partial charge in [0.2, 0.25) is 0 Å². The summed E-state index contributed by atoms with van der Waals surface area (Å²) < 4.78 is 0. The van der Waals surface area contributed by atoms with Crippen LogP contribution in [0.2, 0.25) is 5.02 Å². The minimum atomic E-state index is -0.0167. The van der Waals surface area contributed by atoms with Gasteiger partial charge in [-0.05, 0) is 26.0 Å². The number of hydrogen-bond donors (Lipinski definition) is 1. The van der Waals surface area contributed by atoms with Crippen molar-refractivity contribution in [3.8, 4) is 17.3 Å². The van der Waals surface area contributed by atoms with Gasteiger partial charge in [-0.25, -0.2) is 15.0 Å². The van der Waals surface area contributed by atoms with E-state index in [2.05, 4.69) is 22.2 Å². The van der Waals surface area contributed by atoms with Crippen LogP contribution in [0.15, 0.2) is 36.7 Å². The summed E-state index contributed by atoms with van der Waals surface area (Å²) in [7, 11) is 0. The lowest BCUT2D eigenvalue weighted by atomic mass is 10.1. The number of thiazole rings is 1. The quantitative estimate of drug-likeness (QED) is 0.739. The number of aryl methyl sites for hydroxylation is 1. The molecule has 0 aliphatic heterocycles. The number of nitriles is 1. The Hall–Kier alpha value is -2.49. The van der Waals surface area contributed by atoms with Crippen molar-refractivity contribution in [1.29, 1.82) is 5.26 Å². The molecular weight excluding hydrogens is 342 g/mol. The molecule has 2 heterocycles. The van der Waals surface area contributed by atoms with Gasteiger partial charge < -0.3 is 5.32 Å². The first-order chi connectivity index (χ1) is 11.6. The van der Waals surface area contributed by atoms with Crippen LogP contribution in [0, 0.1) is 18.3 Å². The Kier molecular flexibility index (Phi) is 4.74. The van der Waals surface area contributed by atoms with Crippen molar-refractivity contribution in [3.63, 3.8) is 0 Å². The van der Waals surface area contributed by atoms with Gasteiger partial charge in [0.25, 0.3) is 0 Å². The second-order valence-corrected chi connectivity index (χ2v) is 6.90. The Bertz CT molecular complexity index is 881. The van der Waals surface area contributed by atoms with Crippen molar-refractivity contribution in [1.82, 2.24) is 15.0 Å². The third-order valence-corrected chi connectivity index (χ3v) is 4.84. The van der Waals surface area contributed by atoms with Crippen LogP contribution in [0.1, 0.15) is 28.5 Å². The summed E-state index contributed by atoms with van der Waals surface area (Å²) in [6, 6.07) is 9.60. The number of nitrogens with zero attached hydrogens (tertiary/aromatic N) is 4. The van der Waals surface area contributed by atoms with Crippen molar-refractivity contribution in [2.24, 2.45) is 0 Å². The maximum absolute atomic E-state index is 8.76. The van der Waals surface area contributed by atoms with Crippen LogP contribution < -0.4 is 5.32 Å². The summed E-state index contributed by atoms with van der Waals surface area (Å²) in [5.74, 6) is 0.613.